The third-order valence-corrected chi connectivity index (χ3v) is 5.14. The number of hydrogen-bond acceptors (Lipinski definition) is 5. The van der Waals surface area contributed by atoms with Gasteiger partial charge >= 0.3 is 5.97 Å². The van der Waals surface area contributed by atoms with Crippen LogP contribution in [0.2, 0.25) is 0 Å². The summed E-state index contributed by atoms with van der Waals surface area (Å²) in [6, 6.07) is 12.2. The van der Waals surface area contributed by atoms with Crippen LogP contribution in [0.15, 0.2) is 47.4 Å². The molecule has 1 heterocycles. The number of anilines is 1. The van der Waals surface area contributed by atoms with Gasteiger partial charge in [0.15, 0.2) is 6.10 Å². The monoisotopic (exact) mass is 369 g/mol. The molecular weight excluding hydrogens is 350 g/mol. The van der Waals surface area contributed by atoms with Crippen molar-refractivity contribution in [3.63, 3.8) is 0 Å². The first kappa shape index (κ1) is 18.2. The van der Waals surface area contributed by atoms with Crippen molar-refractivity contribution in [1.29, 1.82) is 0 Å². The van der Waals surface area contributed by atoms with Gasteiger partial charge in [-0.15, -0.1) is 11.8 Å². The van der Waals surface area contributed by atoms with Gasteiger partial charge in [-0.2, -0.15) is 0 Å². The third-order valence-electron chi connectivity index (χ3n) is 4.07. The molecule has 2 aromatic carbocycles. The Morgan fingerprint density at radius 3 is 2.54 bits per heavy atom. The van der Waals surface area contributed by atoms with Crippen LogP contribution in [0.4, 0.5) is 5.69 Å². The Bertz CT molecular complexity index is 861. The van der Waals surface area contributed by atoms with Gasteiger partial charge in [-0.3, -0.25) is 9.59 Å². The summed E-state index contributed by atoms with van der Waals surface area (Å²) < 4.78 is 5.32. The normalized spacial score (nSPS) is 14.6. The number of ketones is 1. The summed E-state index contributed by atoms with van der Waals surface area (Å²) in [6.07, 6.45) is -0.464. The van der Waals surface area contributed by atoms with Crippen molar-refractivity contribution in [3.8, 4) is 0 Å². The smallest absolute Gasteiger partial charge is 0.338 e. The summed E-state index contributed by atoms with van der Waals surface area (Å²) in [6.45, 7) is 3.49. The number of carbonyl (C=O) groups is 3. The van der Waals surface area contributed by atoms with Crippen molar-refractivity contribution in [2.45, 2.75) is 31.3 Å². The zero-order valence-electron chi connectivity index (χ0n) is 14.6. The van der Waals surface area contributed by atoms with Crippen molar-refractivity contribution in [1.82, 2.24) is 0 Å². The molecule has 6 heteroatoms. The van der Waals surface area contributed by atoms with Crippen LogP contribution in [-0.4, -0.2) is 29.5 Å². The van der Waals surface area contributed by atoms with Crippen molar-refractivity contribution < 1.29 is 19.1 Å². The van der Waals surface area contributed by atoms with E-state index in [1.54, 1.807) is 49.0 Å². The molecule has 2 aromatic rings. The lowest BCUT2D eigenvalue weighted by molar-refractivity contribution is -0.115. The van der Waals surface area contributed by atoms with Gasteiger partial charge in [-0.25, -0.2) is 4.79 Å². The molecule has 0 saturated carbocycles. The van der Waals surface area contributed by atoms with E-state index in [0.29, 0.717) is 29.0 Å². The van der Waals surface area contributed by atoms with Crippen LogP contribution >= 0.6 is 11.8 Å². The second kappa shape index (κ2) is 7.74. The molecule has 0 spiro atoms. The summed E-state index contributed by atoms with van der Waals surface area (Å²) >= 11 is 1.56. The lowest BCUT2D eigenvalue weighted by Crippen LogP contribution is -2.24. The molecule has 0 saturated heterocycles. The van der Waals surface area contributed by atoms with Gasteiger partial charge in [0, 0.05) is 22.6 Å². The molecule has 0 aromatic heterocycles. The highest BCUT2D eigenvalue weighted by Crippen LogP contribution is 2.31. The highest BCUT2D eigenvalue weighted by molar-refractivity contribution is 7.99. The topological polar surface area (TPSA) is 72.5 Å². The van der Waals surface area contributed by atoms with Crippen molar-refractivity contribution in [2.75, 3.05) is 11.1 Å². The van der Waals surface area contributed by atoms with Gasteiger partial charge in [0.25, 0.3) is 0 Å². The highest BCUT2D eigenvalue weighted by Gasteiger charge is 2.22. The highest BCUT2D eigenvalue weighted by atomic mass is 32.2. The SMILES string of the molecule is Cc1ccc(C(=O)[C@@H](C)OC(=O)c2ccc3c(c2)NC(=O)CCS3)cc1. The van der Waals surface area contributed by atoms with Crippen LogP contribution in [0.3, 0.4) is 0 Å². The molecule has 26 heavy (non-hydrogen) atoms. The Labute approximate surface area is 156 Å². The molecular formula is C20H19NO4S. The Kier molecular flexibility index (Phi) is 5.42. The van der Waals surface area contributed by atoms with Gasteiger partial charge < -0.3 is 10.1 Å². The number of hydrogen-bond donors (Lipinski definition) is 1. The van der Waals surface area contributed by atoms with Gasteiger partial charge in [0.1, 0.15) is 0 Å². The Hall–Kier alpha value is -2.60. The van der Waals surface area contributed by atoms with Gasteiger partial charge in [-0.1, -0.05) is 29.8 Å². The minimum atomic E-state index is -0.895. The first-order valence-electron chi connectivity index (χ1n) is 8.32. The van der Waals surface area contributed by atoms with Gasteiger partial charge in [0.2, 0.25) is 11.7 Å². The first-order chi connectivity index (χ1) is 12.4. The molecule has 1 atom stereocenters. The molecule has 0 unspecified atom stereocenters. The van der Waals surface area contributed by atoms with Gasteiger partial charge in [0.05, 0.1) is 11.3 Å². The Morgan fingerprint density at radius 1 is 1.12 bits per heavy atom. The second-order valence-electron chi connectivity index (χ2n) is 6.14. The van der Waals surface area contributed by atoms with Crippen molar-refractivity contribution >= 4 is 35.1 Å². The molecule has 0 aliphatic carbocycles. The fourth-order valence-corrected chi connectivity index (χ4v) is 3.52. The number of rotatable bonds is 4. The van der Waals surface area contributed by atoms with E-state index in [2.05, 4.69) is 5.32 Å². The number of thioether (sulfide) groups is 1. The predicted molar refractivity (Wildman–Crippen MR) is 101 cm³/mol. The quantitative estimate of drug-likeness (QED) is 0.654. The lowest BCUT2D eigenvalue weighted by Gasteiger charge is -2.14. The maximum Gasteiger partial charge on any atom is 0.338 e. The number of esters is 1. The summed E-state index contributed by atoms with van der Waals surface area (Å²) in [5.74, 6) is -0.226. The fourth-order valence-electron chi connectivity index (χ4n) is 2.58. The third kappa shape index (κ3) is 4.14. The number of Topliss-reactive ketones (excluding diaryl/α,β-unsaturated/α-hetero) is 1. The van der Waals surface area contributed by atoms with E-state index >= 15 is 0 Å². The molecule has 3 rings (SSSR count). The first-order valence-corrected chi connectivity index (χ1v) is 9.31. The van der Waals surface area contributed by atoms with Crippen molar-refractivity contribution in [3.05, 3.63) is 59.2 Å². The van der Waals surface area contributed by atoms with E-state index in [1.165, 1.54) is 0 Å². The molecule has 1 amide bonds. The number of nitrogens with one attached hydrogen (secondary N) is 1. The maximum absolute atomic E-state index is 12.4. The van der Waals surface area contributed by atoms with Crippen LogP contribution in [0.5, 0.6) is 0 Å². The standard InChI is InChI=1S/C20H19NO4S/c1-12-3-5-14(6-4-12)19(23)13(2)25-20(24)15-7-8-17-16(11-15)21-18(22)9-10-26-17/h3-8,11,13H,9-10H2,1-2H3,(H,21,22)/t13-/m1/s1. The average Bonchev–Trinajstić information content (AvgIpc) is 2.81. The molecule has 1 aliphatic rings. The lowest BCUT2D eigenvalue weighted by atomic mass is 10.1. The summed E-state index contributed by atoms with van der Waals surface area (Å²) in [7, 11) is 0. The summed E-state index contributed by atoms with van der Waals surface area (Å²) in [5, 5.41) is 2.79. The van der Waals surface area contributed by atoms with Crippen LogP contribution in [0, 0.1) is 6.92 Å². The van der Waals surface area contributed by atoms with Crippen LogP contribution < -0.4 is 5.32 Å². The molecule has 0 bridgehead atoms. The molecule has 1 aliphatic heterocycles. The Balaban J connectivity index is 1.72. The molecule has 134 valence electrons. The van der Waals surface area contributed by atoms with Crippen LogP contribution in [0.1, 0.15) is 39.6 Å². The van der Waals surface area contributed by atoms with Crippen LogP contribution in [0.25, 0.3) is 0 Å². The van der Waals surface area contributed by atoms with E-state index in [4.69, 9.17) is 4.74 Å². The van der Waals surface area contributed by atoms with Crippen molar-refractivity contribution in [2.24, 2.45) is 0 Å². The summed E-state index contributed by atoms with van der Waals surface area (Å²) in [4.78, 5) is 37.4. The molecule has 1 N–H and O–H groups in total. The largest absolute Gasteiger partial charge is 0.451 e. The van der Waals surface area contributed by atoms with E-state index in [-0.39, 0.29) is 11.7 Å². The van der Waals surface area contributed by atoms with E-state index < -0.39 is 12.1 Å². The second-order valence-corrected chi connectivity index (χ2v) is 7.27. The molecule has 0 radical (unpaired) electrons. The number of ether oxygens (including phenoxy) is 1. The van der Waals surface area contributed by atoms with E-state index in [9.17, 15) is 14.4 Å². The van der Waals surface area contributed by atoms with Crippen LogP contribution in [-0.2, 0) is 9.53 Å². The van der Waals surface area contributed by atoms with E-state index in [0.717, 1.165) is 10.5 Å². The number of benzene rings is 2. The number of aryl methyl sites for hydroxylation is 1. The average molecular weight is 369 g/mol. The fraction of sp³-hybridized carbons (Fsp3) is 0.250. The number of fused-ring (bicyclic) bond motifs is 1. The number of amides is 1. The molecule has 0 fully saturated rings. The van der Waals surface area contributed by atoms with Gasteiger partial charge in [-0.05, 0) is 32.0 Å². The molecule has 5 nitrogen and oxygen atoms in total. The zero-order chi connectivity index (χ0) is 18.7. The Morgan fingerprint density at radius 2 is 1.81 bits per heavy atom. The minimum absolute atomic E-state index is 0.0790. The maximum atomic E-state index is 12.4. The zero-order valence-corrected chi connectivity index (χ0v) is 15.4. The summed E-state index contributed by atoms with van der Waals surface area (Å²) in [5.41, 5.74) is 2.46. The number of carbonyl (C=O) groups excluding carboxylic acids is 3. The van der Waals surface area contributed by atoms with E-state index in [1.807, 2.05) is 19.1 Å². The minimum Gasteiger partial charge on any atom is -0.451 e. The predicted octanol–water partition coefficient (Wildman–Crippen LogP) is 3.86.